The number of nitrogens with zero attached hydrogens (tertiary/aromatic N) is 1. The normalized spacial score (nSPS) is 15.4. The van der Waals surface area contributed by atoms with Gasteiger partial charge in [-0.05, 0) is 12.1 Å². The summed E-state index contributed by atoms with van der Waals surface area (Å²) in [5.74, 6) is -1.66. The highest BCUT2D eigenvalue weighted by molar-refractivity contribution is 6.44. The summed E-state index contributed by atoms with van der Waals surface area (Å²) in [6.45, 7) is -0.430. The topological polar surface area (TPSA) is 92.5 Å². The Bertz CT molecular complexity index is 573. The number of carbonyl (C=O) groups is 3. The van der Waals surface area contributed by atoms with Crippen LogP contribution in [0.25, 0.3) is 0 Å². The zero-order chi connectivity index (χ0) is 14.2. The van der Waals surface area contributed by atoms with E-state index in [-0.39, 0.29) is 34.4 Å². The van der Waals surface area contributed by atoms with Crippen LogP contribution in [-0.2, 0) is 9.59 Å². The van der Waals surface area contributed by atoms with Gasteiger partial charge in [0.2, 0.25) is 11.8 Å². The van der Waals surface area contributed by atoms with Gasteiger partial charge in [-0.25, -0.2) is 0 Å². The van der Waals surface area contributed by atoms with Crippen LogP contribution in [0.5, 0.6) is 0 Å². The average Bonchev–Trinajstić information content (AvgIpc) is 2.31. The molecule has 0 aliphatic carbocycles. The Balaban J connectivity index is 2.34. The molecule has 1 heterocycles. The van der Waals surface area contributed by atoms with Crippen molar-refractivity contribution in [1.82, 2.24) is 10.2 Å². The van der Waals surface area contributed by atoms with Crippen LogP contribution in [0.1, 0.15) is 10.4 Å². The fourth-order valence-corrected chi connectivity index (χ4v) is 2.13. The number of nitrogens with two attached hydrogens (primary N) is 1. The molecule has 6 nitrogen and oxygen atoms in total. The van der Waals surface area contributed by atoms with Crippen molar-refractivity contribution in [2.24, 2.45) is 0 Å². The van der Waals surface area contributed by atoms with Gasteiger partial charge in [-0.15, -0.1) is 0 Å². The Hall–Kier alpha value is -1.79. The van der Waals surface area contributed by atoms with Crippen molar-refractivity contribution in [3.05, 3.63) is 27.7 Å². The standard InChI is InChI=1S/C11H9Cl2N3O3/c12-7-2-5(14)1-6(10(7)13)11(19)16-3-8(17)15-9(18)4-16/h1-2H,3-4,14H2,(H,15,17,18). The molecule has 0 spiro atoms. The molecule has 8 heteroatoms. The largest absolute Gasteiger partial charge is 0.399 e. The zero-order valence-corrected chi connectivity index (χ0v) is 11.1. The number of hydrogen-bond donors (Lipinski definition) is 2. The van der Waals surface area contributed by atoms with Gasteiger partial charge in [0, 0.05) is 5.69 Å². The van der Waals surface area contributed by atoms with Gasteiger partial charge in [0.05, 0.1) is 15.6 Å². The summed E-state index contributed by atoms with van der Waals surface area (Å²) in [5.41, 5.74) is 5.92. The summed E-state index contributed by atoms with van der Waals surface area (Å²) in [4.78, 5) is 35.8. The van der Waals surface area contributed by atoms with Gasteiger partial charge in [-0.1, -0.05) is 23.2 Å². The first-order valence-corrected chi connectivity index (χ1v) is 6.00. The van der Waals surface area contributed by atoms with E-state index in [0.717, 1.165) is 4.90 Å². The predicted octanol–water partition coefficient (Wildman–Crippen LogP) is 0.674. The number of anilines is 1. The molecule has 0 aromatic heterocycles. The van der Waals surface area contributed by atoms with Crippen molar-refractivity contribution in [2.45, 2.75) is 0 Å². The number of imide groups is 1. The van der Waals surface area contributed by atoms with Crippen LogP contribution in [0, 0.1) is 0 Å². The molecule has 3 amide bonds. The van der Waals surface area contributed by atoms with Crippen LogP contribution >= 0.6 is 23.2 Å². The third kappa shape index (κ3) is 2.80. The van der Waals surface area contributed by atoms with Crippen molar-refractivity contribution < 1.29 is 14.4 Å². The van der Waals surface area contributed by atoms with Crippen molar-refractivity contribution in [3.63, 3.8) is 0 Å². The van der Waals surface area contributed by atoms with Gasteiger partial charge in [0.25, 0.3) is 5.91 Å². The molecule has 0 atom stereocenters. The molecule has 1 aliphatic rings. The van der Waals surface area contributed by atoms with Crippen molar-refractivity contribution in [3.8, 4) is 0 Å². The molecule has 3 N–H and O–H groups in total. The Morgan fingerprint density at radius 1 is 1.21 bits per heavy atom. The van der Waals surface area contributed by atoms with Crippen LogP contribution in [0.2, 0.25) is 10.0 Å². The maximum absolute atomic E-state index is 12.2. The fraction of sp³-hybridized carbons (Fsp3) is 0.182. The second kappa shape index (κ2) is 5.07. The molecule has 1 saturated heterocycles. The van der Waals surface area contributed by atoms with E-state index in [1.807, 2.05) is 0 Å². The Morgan fingerprint density at radius 3 is 2.37 bits per heavy atom. The van der Waals surface area contributed by atoms with Gasteiger partial charge >= 0.3 is 0 Å². The smallest absolute Gasteiger partial charge is 0.256 e. The highest BCUT2D eigenvalue weighted by atomic mass is 35.5. The monoisotopic (exact) mass is 301 g/mol. The number of halogens is 2. The minimum Gasteiger partial charge on any atom is -0.399 e. The summed E-state index contributed by atoms with van der Waals surface area (Å²) in [5, 5.41) is 2.28. The van der Waals surface area contributed by atoms with Crippen LogP contribution in [0.3, 0.4) is 0 Å². The number of hydrogen-bond acceptors (Lipinski definition) is 4. The number of benzene rings is 1. The summed E-state index contributed by atoms with van der Waals surface area (Å²) < 4.78 is 0. The second-order valence-electron chi connectivity index (χ2n) is 4.00. The third-order valence-electron chi connectivity index (χ3n) is 2.52. The summed E-state index contributed by atoms with van der Waals surface area (Å²) >= 11 is 11.8. The predicted molar refractivity (Wildman–Crippen MR) is 69.9 cm³/mol. The molecular weight excluding hydrogens is 293 g/mol. The van der Waals surface area contributed by atoms with Gasteiger partial charge in [0.15, 0.2) is 0 Å². The van der Waals surface area contributed by atoms with E-state index in [0.29, 0.717) is 0 Å². The summed E-state index contributed by atoms with van der Waals surface area (Å²) in [7, 11) is 0. The number of carbonyl (C=O) groups excluding carboxylic acids is 3. The van der Waals surface area contributed by atoms with Crippen molar-refractivity contribution in [2.75, 3.05) is 18.8 Å². The molecule has 19 heavy (non-hydrogen) atoms. The number of nitrogen functional groups attached to an aromatic ring is 1. The van der Waals surface area contributed by atoms with E-state index in [2.05, 4.69) is 5.32 Å². The van der Waals surface area contributed by atoms with Crippen LogP contribution < -0.4 is 11.1 Å². The number of piperazine rings is 1. The molecule has 2 rings (SSSR count). The summed E-state index contributed by atoms with van der Waals surface area (Å²) in [6.07, 6.45) is 0. The lowest BCUT2D eigenvalue weighted by Gasteiger charge is -2.26. The Labute approximate surface area is 118 Å². The molecule has 1 fully saturated rings. The third-order valence-corrected chi connectivity index (χ3v) is 3.32. The average molecular weight is 302 g/mol. The van der Waals surface area contributed by atoms with E-state index in [1.165, 1.54) is 12.1 Å². The minimum atomic E-state index is -0.567. The highest BCUT2D eigenvalue weighted by Crippen LogP contribution is 2.29. The molecular formula is C11H9Cl2N3O3. The lowest BCUT2D eigenvalue weighted by molar-refractivity contribution is -0.135. The lowest BCUT2D eigenvalue weighted by Crippen LogP contribution is -2.53. The number of nitrogens with one attached hydrogen (secondary N) is 1. The molecule has 0 radical (unpaired) electrons. The molecule has 0 bridgehead atoms. The molecule has 1 aromatic rings. The summed E-state index contributed by atoms with van der Waals surface area (Å²) in [6, 6.07) is 2.77. The Morgan fingerprint density at radius 2 is 1.79 bits per heavy atom. The zero-order valence-electron chi connectivity index (χ0n) is 9.57. The van der Waals surface area contributed by atoms with Gasteiger partial charge in [-0.3, -0.25) is 19.7 Å². The van der Waals surface area contributed by atoms with E-state index in [9.17, 15) is 14.4 Å². The van der Waals surface area contributed by atoms with Gasteiger partial charge in [0.1, 0.15) is 13.1 Å². The van der Waals surface area contributed by atoms with E-state index < -0.39 is 17.7 Å². The van der Waals surface area contributed by atoms with Crippen molar-refractivity contribution >= 4 is 46.6 Å². The van der Waals surface area contributed by atoms with E-state index >= 15 is 0 Å². The van der Waals surface area contributed by atoms with Crippen molar-refractivity contribution in [1.29, 1.82) is 0 Å². The van der Waals surface area contributed by atoms with Crippen LogP contribution in [-0.4, -0.2) is 35.7 Å². The van der Waals surface area contributed by atoms with Crippen LogP contribution in [0.15, 0.2) is 12.1 Å². The Kier molecular flexibility index (Phi) is 3.64. The molecule has 0 saturated carbocycles. The quantitative estimate of drug-likeness (QED) is 0.589. The fourth-order valence-electron chi connectivity index (χ4n) is 1.72. The minimum absolute atomic E-state index is 0.0410. The van der Waals surface area contributed by atoms with E-state index in [1.54, 1.807) is 0 Å². The number of amides is 3. The first kappa shape index (κ1) is 13.6. The number of rotatable bonds is 1. The molecule has 1 aromatic carbocycles. The highest BCUT2D eigenvalue weighted by Gasteiger charge is 2.28. The van der Waals surface area contributed by atoms with E-state index in [4.69, 9.17) is 28.9 Å². The molecule has 1 aliphatic heterocycles. The van der Waals surface area contributed by atoms with Gasteiger partial charge in [-0.2, -0.15) is 0 Å². The van der Waals surface area contributed by atoms with Crippen LogP contribution in [0.4, 0.5) is 5.69 Å². The first-order valence-electron chi connectivity index (χ1n) is 5.25. The maximum Gasteiger partial charge on any atom is 0.256 e. The molecule has 0 unspecified atom stereocenters. The first-order chi connectivity index (χ1) is 8.88. The van der Waals surface area contributed by atoms with Gasteiger partial charge < -0.3 is 10.6 Å². The SMILES string of the molecule is Nc1cc(Cl)c(Cl)c(C(=O)N2CC(=O)NC(=O)C2)c1. The lowest BCUT2D eigenvalue weighted by atomic mass is 10.1. The molecule has 100 valence electrons. The maximum atomic E-state index is 12.2. The second-order valence-corrected chi connectivity index (χ2v) is 4.78.